The highest BCUT2D eigenvalue weighted by atomic mass is 35.5. The van der Waals surface area contributed by atoms with Crippen molar-refractivity contribution in [3.8, 4) is 11.4 Å². The molecule has 1 aromatic heterocycles. The van der Waals surface area contributed by atoms with Crippen LogP contribution in [0.1, 0.15) is 5.69 Å². The fraction of sp³-hybridized carbons (Fsp3) is 0.167. The average Bonchev–Trinajstić information content (AvgIpc) is 2.87. The third-order valence-corrected chi connectivity index (χ3v) is 5.86. The number of hydrogen-bond acceptors (Lipinski definition) is 4. The number of alkyl halides is 2. The van der Waals surface area contributed by atoms with Gasteiger partial charge in [-0.15, -0.1) is 0 Å². The van der Waals surface area contributed by atoms with E-state index in [1.807, 2.05) is 0 Å². The smallest absolute Gasteiger partial charge is 0.387 e. The van der Waals surface area contributed by atoms with Gasteiger partial charge in [0, 0.05) is 7.05 Å². The molecule has 3 rings (SSSR count). The second-order valence-corrected chi connectivity index (χ2v) is 8.10. The Kier molecular flexibility index (Phi) is 5.67. The summed E-state index contributed by atoms with van der Waals surface area (Å²) in [5.41, 5.74) is 0.236. The van der Waals surface area contributed by atoms with Crippen molar-refractivity contribution in [2.75, 3.05) is 4.72 Å². The van der Waals surface area contributed by atoms with E-state index in [-0.39, 0.29) is 21.4 Å². The molecule has 7 nitrogen and oxygen atoms in total. The van der Waals surface area contributed by atoms with Crippen LogP contribution in [-0.4, -0.2) is 24.4 Å². The van der Waals surface area contributed by atoms with E-state index in [9.17, 15) is 22.0 Å². The number of nitrogens with zero attached hydrogens (tertiary/aromatic N) is 2. The molecule has 1 heterocycles. The zero-order chi connectivity index (χ0) is 21.3. The molecule has 0 aliphatic heterocycles. The number of ether oxygens (including phenoxy) is 1. The number of anilines is 1. The van der Waals surface area contributed by atoms with Crippen LogP contribution in [0, 0.1) is 6.92 Å². The highest BCUT2D eigenvalue weighted by molar-refractivity contribution is 7.92. The first-order chi connectivity index (χ1) is 13.6. The summed E-state index contributed by atoms with van der Waals surface area (Å²) in [6.07, 6.45) is 0. The highest BCUT2D eigenvalue weighted by Gasteiger charge is 2.23. The molecule has 1 N–H and O–H groups in total. The molecule has 0 bridgehead atoms. The van der Waals surface area contributed by atoms with E-state index >= 15 is 0 Å². The summed E-state index contributed by atoms with van der Waals surface area (Å²) in [6, 6.07) is 11.7. The molecule has 0 aliphatic carbocycles. The molecule has 0 atom stereocenters. The summed E-state index contributed by atoms with van der Waals surface area (Å²) >= 11 is 5.83. The van der Waals surface area contributed by atoms with E-state index in [0.29, 0.717) is 11.4 Å². The molecule has 0 spiro atoms. The van der Waals surface area contributed by atoms with Crippen molar-refractivity contribution < 1.29 is 21.9 Å². The summed E-state index contributed by atoms with van der Waals surface area (Å²) < 4.78 is 59.4. The predicted molar refractivity (Wildman–Crippen MR) is 105 cm³/mol. The van der Waals surface area contributed by atoms with Crippen LogP contribution in [0.3, 0.4) is 0 Å². The summed E-state index contributed by atoms with van der Waals surface area (Å²) in [6.45, 7) is -1.51. The molecule has 3 aromatic rings. The molecule has 154 valence electrons. The van der Waals surface area contributed by atoms with Crippen molar-refractivity contribution >= 4 is 27.3 Å². The minimum atomic E-state index is -4.22. The lowest BCUT2D eigenvalue weighted by atomic mass is 10.3. The van der Waals surface area contributed by atoms with Crippen LogP contribution in [0.15, 0.2) is 58.2 Å². The number of halogens is 3. The Hall–Kier alpha value is -2.85. The van der Waals surface area contributed by atoms with E-state index in [1.165, 1.54) is 9.36 Å². The van der Waals surface area contributed by atoms with Gasteiger partial charge >= 0.3 is 6.61 Å². The van der Waals surface area contributed by atoms with Gasteiger partial charge in [-0.05, 0) is 37.3 Å². The summed E-state index contributed by atoms with van der Waals surface area (Å²) in [4.78, 5) is 12.5. The second kappa shape index (κ2) is 7.88. The van der Waals surface area contributed by atoms with E-state index in [4.69, 9.17) is 11.6 Å². The number of benzene rings is 2. The van der Waals surface area contributed by atoms with Crippen LogP contribution in [0.2, 0.25) is 5.02 Å². The maximum Gasteiger partial charge on any atom is 0.387 e. The van der Waals surface area contributed by atoms with Gasteiger partial charge in [0.25, 0.3) is 15.6 Å². The first-order valence-corrected chi connectivity index (χ1v) is 10.1. The van der Waals surface area contributed by atoms with Crippen LogP contribution in [0.25, 0.3) is 5.69 Å². The third kappa shape index (κ3) is 4.13. The van der Waals surface area contributed by atoms with Crippen LogP contribution < -0.4 is 15.0 Å². The van der Waals surface area contributed by atoms with E-state index in [0.717, 1.165) is 18.2 Å². The SMILES string of the molecule is Cc1c(NS(=O)(=O)c2ccc(OC(F)F)c(Cl)c2)c(=O)n(-c2ccccc2)n1C. The molecule has 0 saturated carbocycles. The van der Waals surface area contributed by atoms with Gasteiger partial charge in [-0.3, -0.25) is 14.2 Å². The van der Waals surface area contributed by atoms with Gasteiger partial charge in [0.1, 0.15) is 11.4 Å². The van der Waals surface area contributed by atoms with Gasteiger partial charge in [0.15, 0.2) is 0 Å². The zero-order valence-electron chi connectivity index (χ0n) is 15.3. The Morgan fingerprint density at radius 2 is 1.79 bits per heavy atom. The van der Waals surface area contributed by atoms with Gasteiger partial charge < -0.3 is 4.74 Å². The maximum absolute atomic E-state index is 12.8. The number of aromatic nitrogens is 2. The molecule has 2 aromatic carbocycles. The van der Waals surface area contributed by atoms with Crippen LogP contribution in [-0.2, 0) is 17.1 Å². The number of para-hydroxylation sites is 1. The first kappa shape index (κ1) is 20.9. The van der Waals surface area contributed by atoms with Gasteiger partial charge in [-0.2, -0.15) is 8.78 Å². The summed E-state index contributed by atoms with van der Waals surface area (Å²) in [5, 5.41) is -0.306. The Morgan fingerprint density at radius 3 is 2.38 bits per heavy atom. The Morgan fingerprint density at radius 1 is 1.14 bits per heavy atom. The molecule has 11 heteroatoms. The fourth-order valence-corrected chi connectivity index (χ4v) is 4.15. The zero-order valence-corrected chi connectivity index (χ0v) is 16.8. The van der Waals surface area contributed by atoms with Crippen molar-refractivity contribution in [2.45, 2.75) is 18.4 Å². The number of hydrogen-bond donors (Lipinski definition) is 1. The molecule has 0 radical (unpaired) electrons. The maximum atomic E-state index is 12.8. The monoisotopic (exact) mass is 443 g/mol. The Labute approximate surface area is 170 Å². The van der Waals surface area contributed by atoms with Crippen molar-refractivity contribution in [2.24, 2.45) is 7.05 Å². The first-order valence-electron chi connectivity index (χ1n) is 8.23. The van der Waals surface area contributed by atoms with E-state index in [2.05, 4.69) is 9.46 Å². The van der Waals surface area contributed by atoms with Crippen molar-refractivity contribution in [3.05, 3.63) is 69.6 Å². The lowest BCUT2D eigenvalue weighted by Crippen LogP contribution is -2.23. The van der Waals surface area contributed by atoms with Gasteiger partial charge in [-0.25, -0.2) is 13.1 Å². The Balaban J connectivity index is 2.00. The third-order valence-electron chi connectivity index (χ3n) is 4.22. The topological polar surface area (TPSA) is 82.3 Å². The van der Waals surface area contributed by atoms with E-state index in [1.54, 1.807) is 44.3 Å². The summed E-state index contributed by atoms with van der Waals surface area (Å²) in [5.74, 6) is -0.358. The number of rotatable bonds is 6. The fourth-order valence-electron chi connectivity index (χ4n) is 2.72. The van der Waals surface area contributed by atoms with Gasteiger partial charge in [0.2, 0.25) is 0 Å². The van der Waals surface area contributed by atoms with Gasteiger partial charge in [0.05, 0.1) is 21.3 Å². The van der Waals surface area contributed by atoms with E-state index < -0.39 is 22.2 Å². The highest BCUT2D eigenvalue weighted by Crippen LogP contribution is 2.29. The minimum Gasteiger partial charge on any atom is -0.433 e. The molecule has 0 amide bonds. The van der Waals surface area contributed by atoms with Crippen molar-refractivity contribution in [1.29, 1.82) is 0 Å². The molecule has 0 saturated heterocycles. The van der Waals surface area contributed by atoms with Crippen LogP contribution >= 0.6 is 11.6 Å². The molecule has 29 heavy (non-hydrogen) atoms. The van der Waals surface area contributed by atoms with Crippen LogP contribution in [0.4, 0.5) is 14.5 Å². The van der Waals surface area contributed by atoms with Gasteiger partial charge in [-0.1, -0.05) is 29.8 Å². The number of sulfonamides is 1. The lowest BCUT2D eigenvalue weighted by Gasteiger charge is -2.10. The standard InChI is InChI=1S/C18H16ClF2N3O4S/c1-11-16(17(25)24(23(11)2)12-6-4-3-5-7-12)22-29(26,27)13-8-9-15(14(19)10-13)28-18(20)21/h3-10,18,22H,1-2H3. The Bertz CT molecular complexity index is 1210. The molecular formula is C18H16ClF2N3O4S. The quantitative estimate of drug-likeness (QED) is 0.631. The summed E-state index contributed by atoms with van der Waals surface area (Å²) in [7, 11) is -2.60. The van der Waals surface area contributed by atoms with Crippen molar-refractivity contribution in [1.82, 2.24) is 9.36 Å². The molecule has 0 fully saturated rings. The average molecular weight is 444 g/mol. The number of nitrogens with one attached hydrogen (secondary N) is 1. The minimum absolute atomic E-state index is 0.139. The molecular weight excluding hydrogens is 428 g/mol. The normalized spacial score (nSPS) is 11.7. The van der Waals surface area contributed by atoms with Crippen molar-refractivity contribution in [3.63, 3.8) is 0 Å². The predicted octanol–water partition coefficient (Wildman–Crippen LogP) is 3.54. The largest absolute Gasteiger partial charge is 0.433 e. The second-order valence-electron chi connectivity index (χ2n) is 6.01. The van der Waals surface area contributed by atoms with Crippen LogP contribution in [0.5, 0.6) is 5.75 Å². The lowest BCUT2D eigenvalue weighted by molar-refractivity contribution is -0.0498. The molecule has 0 aliphatic rings. The molecule has 0 unspecified atom stereocenters.